The largest absolute Gasteiger partial charge is 0.339 e. The van der Waals surface area contributed by atoms with Crippen molar-refractivity contribution in [2.75, 3.05) is 18.5 Å². The van der Waals surface area contributed by atoms with Crippen molar-refractivity contribution in [3.05, 3.63) is 54.1 Å². The van der Waals surface area contributed by atoms with Crippen LogP contribution in [0.1, 0.15) is 12.6 Å². The van der Waals surface area contributed by atoms with E-state index in [2.05, 4.69) is 10.3 Å². The standard InChI is InChI=1S/C15H18FN3/c1-3-19(15-7-5-4-6-14(15)16)13-8-9-18-12(10-13)11-17-2/h4-10,17H,3,11H2,1-2H3. The summed E-state index contributed by atoms with van der Waals surface area (Å²) in [5, 5.41) is 3.06. The van der Waals surface area contributed by atoms with E-state index in [9.17, 15) is 4.39 Å². The van der Waals surface area contributed by atoms with Gasteiger partial charge in [0, 0.05) is 25.0 Å². The van der Waals surface area contributed by atoms with Crippen molar-refractivity contribution >= 4 is 11.4 Å². The van der Waals surface area contributed by atoms with E-state index < -0.39 is 0 Å². The number of nitrogens with zero attached hydrogens (tertiary/aromatic N) is 2. The molecule has 2 rings (SSSR count). The van der Waals surface area contributed by atoms with Crippen molar-refractivity contribution < 1.29 is 4.39 Å². The van der Waals surface area contributed by atoms with Crippen LogP contribution in [-0.2, 0) is 6.54 Å². The fourth-order valence-corrected chi connectivity index (χ4v) is 2.07. The number of halogens is 1. The molecule has 0 atom stereocenters. The first kappa shape index (κ1) is 13.5. The molecule has 100 valence electrons. The Morgan fingerprint density at radius 2 is 2.05 bits per heavy atom. The fourth-order valence-electron chi connectivity index (χ4n) is 2.07. The Morgan fingerprint density at radius 1 is 1.26 bits per heavy atom. The molecule has 1 N–H and O–H groups in total. The topological polar surface area (TPSA) is 28.2 Å². The maximum Gasteiger partial charge on any atom is 0.146 e. The molecular weight excluding hydrogens is 241 g/mol. The van der Waals surface area contributed by atoms with Crippen molar-refractivity contribution in [3.63, 3.8) is 0 Å². The average Bonchev–Trinajstić information content (AvgIpc) is 2.43. The summed E-state index contributed by atoms with van der Waals surface area (Å²) in [7, 11) is 1.88. The number of benzene rings is 1. The second-order valence-electron chi connectivity index (χ2n) is 4.23. The quantitative estimate of drug-likeness (QED) is 0.894. The van der Waals surface area contributed by atoms with Crippen molar-refractivity contribution in [1.82, 2.24) is 10.3 Å². The molecule has 2 aromatic rings. The zero-order valence-electron chi connectivity index (χ0n) is 11.2. The summed E-state index contributed by atoms with van der Waals surface area (Å²) in [5.41, 5.74) is 2.48. The highest BCUT2D eigenvalue weighted by molar-refractivity contribution is 5.63. The van der Waals surface area contributed by atoms with Gasteiger partial charge < -0.3 is 10.2 Å². The molecule has 0 fully saturated rings. The van der Waals surface area contributed by atoms with Crippen LogP contribution in [0.25, 0.3) is 0 Å². The van der Waals surface area contributed by atoms with Gasteiger partial charge in [-0.1, -0.05) is 12.1 Å². The third kappa shape index (κ3) is 3.09. The van der Waals surface area contributed by atoms with Crippen molar-refractivity contribution in [3.8, 4) is 0 Å². The maximum absolute atomic E-state index is 13.9. The molecule has 1 aromatic heterocycles. The molecule has 0 aliphatic rings. The van der Waals surface area contributed by atoms with Crippen molar-refractivity contribution in [2.24, 2.45) is 0 Å². The highest BCUT2D eigenvalue weighted by Crippen LogP contribution is 2.27. The number of nitrogens with one attached hydrogen (secondary N) is 1. The summed E-state index contributed by atoms with van der Waals surface area (Å²) in [6.07, 6.45) is 1.76. The summed E-state index contributed by atoms with van der Waals surface area (Å²) in [5.74, 6) is -0.212. The normalized spacial score (nSPS) is 10.5. The molecule has 1 heterocycles. The zero-order chi connectivity index (χ0) is 13.7. The number of hydrogen-bond acceptors (Lipinski definition) is 3. The highest BCUT2D eigenvalue weighted by atomic mass is 19.1. The molecule has 0 spiro atoms. The van der Waals surface area contributed by atoms with Gasteiger partial charge in [0.2, 0.25) is 0 Å². The molecule has 3 nitrogen and oxygen atoms in total. The molecule has 19 heavy (non-hydrogen) atoms. The zero-order valence-corrected chi connectivity index (χ0v) is 11.2. The van der Waals surface area contributed by atoms with Crippen LogP contribution in [-0.4, -0.2) is 18.6 Å². The Kier molecular flexibility index (Phi) is 4.47. The first-order valence-electron chi connectivity index (χ1n) is 6.38. The lowest BCUT2D eigenvalue weighted by Gasteiger charge is -2.24. The van der Waals surface area contributed by atoms with Crippen LogP contribution in [0.5, 0.6) is 0 Å². The first-order valence-corrected chi connectivity index (χ1v) is 6.38. The van der Waals surface area contributed by atoms with Gasteiger partial charge in [-0.05, 0) is 38.2 Å². The predicted octanol–water partition coefficient (Wildman–Crippen LogP) is 3.10. The molecule has 0 saturated heterocycles. The van der Waals surface area contributed by atoms with Gasteiger partial charge >= 0.3 is 0 Å². The average molecular weight is 259 g/mol. The van der Waals surface area contributed by atoms with E-state index in [1.165, 1.54) is 6.07 Å². The number of rotatable bonds is 5. The molecule has 0 unspecified atom stereocenters. The Hall–Kier alpha value is -1.94. The summed E-state index contributed by atoms with van der Waals surface area (Å²) in [4.78, 5) is 6.22. The molecule has 4 heteroatoms. The maximum atomic E-state index is 13.9. The molecular formula is C15H18FN3. The lowest BCUT2D eigenvalue weighted by molar-refractivity contribution is 0.625. The summed E-state index contributed by atoms with van der Waals surface area (Å²) >= 11 is 0. The Labute approximate surface area is 113 Å². The van der Waals surface area contributed by atoms with Crippen molar-refractivity contribution in [2.45, 2.75) is 13.5 Å². The molecule has 0 radical (unpaired) electrons. The second-order valence-corrected chi connectivity index (χ2v) is 4.23. The van der Waals surface area contributed by atoms with Crippen LogP contribution in [0.4, 0.5) is 15.8 Å². The Balaban J connectivity index is 2.37. The van der Waals surface area contributed by atoms with E-state index in [-0.39, 0.29) is 5.82 Å². The SMILES string of the molecule is CCN(c1ccnc(CNC)c1)c1ccccc1F. The third-order valence-corrected chi connectivity index (χ3v) is 2.93. The molecule has 0 amide bonds. The van der Waals surface area contributed by atoms with Gasteiger partial charge in [0.15, 0.2) is 0 Å². The molecule has 1 aromatic carbocycles. The van der Waals surface area contributed by atoms with Crippen LogP contribution < -0.4 is 10.2 Å². The second kappa shape index (κ2) is 6.29. The van der Waals surface area contributed by atoms with E-state index in [0.717, 1.165) is 11.4 Å². The van der Waals surface area contributed by atoms with Crippen LogP contribution in [0.3, 0.4) is 0 Å². The fraction of sp³-hybridized carbons (Fsp3) is 0.267. The molecule has 0 bridgehead atoms. The van der Waals surface area contributed by atoms with Crippen LogP contribution in [0, 0.1) is 5.82 Å². The minimum atomic E-state index is -0.212. The minimum Gasteiger partial charge on any atom is -0.339 e. The smallest absolute Gasteiger partial charge is 0.146 e. The van der Waals surface area contributed by atoms with E-state index >= 15 is 0 Å². The highest BCUT2D eigenvalue weighted by Gasteiger charge is 2.11. The van der Waals surface area contributed by atoms with Crippen LogP contribution in [0.15, 0.2) is 42.6 Å². The summed E-state index contributed by atoms with van der Waals surface area (Å²) in [6.45, 7) is 3.40. The molecule has 0 saturated carbocycles. The van der Waals surface area contributed by atoms with Gasteiger partial charge in [0.1, 0.15) is 5.82 Å². The monoisotopic (exact) mass is 259 g/mol. The Morgan fingerprint density at radius 3 is 2.74 bits per heavy atom. The number of pyridine rings is 1. The van der Waals surface area contributed by atoms with Crippen molar-refractivity contribution in [1.29, 1.82) is 0 Å². The van der Waals surface area contributed by atoms with E-state index in [4.69, 9.17) is 0 Å². The summed E-state index contributed by atoms with van der Waals surface area (Å²) in [6, 6.07) is 10.7. The number of anilines is 2. The lowest BCUT2D eigenvalue weighted by Crippen LogP contribution is -2.18. The van der Waals surface area contributed by atoms with E-state index in [0.29, 0.717) is 18.8 Å². The summed E-state index contributed by atoms with van der Waals surface area (Å²) < 4.78 is 13.9. The van der Waals surface area contributed by atoms with E-state index in [1.807, 2.05) is 37.1 Å². The Bertz CT molecular complexity index is 542. The van der Waals surface area contributed by atoms with Gasteiger partial charge in [0.25, 0.3) is 0 Å². The van der Waals surface area contributed by atoms with Gasteiger partial charge in [-0.3, -0.25) is 4.98 Å². The van der Waals surface area contributed by atoms with Gasteiger partial charge in [0.05, 0.1) is 11.4 Å². The predicted molar refractivity (Wildman–Crippen MR) is 76.1 cm³/mol. The minimum absolute atomic E-state index is 0.212. The van der Waals surface area contributed by atoms with Crippen LogP contribution >= 0.6 is 0 Å². The van der Waals surface area contributed by atoms with Gasteiger partial charge in [-0.15, -0.1) is 0 Å². The molecule has 0 aliphatic heterocycles. The van der Waals surface area contributed by atoms with Crippen LogP contribution in [0.2, 0.25) is 0 Å². The van der Waals surface area contributed by atoms with Gasteiger partial charge in [-0.25, -0.2) is 4.39 Å². The lowest BCUT2D eigenvalue weighted by atomic mass is 10.2. The number of para-hydroxylation sites is 1. The number of aromatic nitrogens is 1. The van der Waals surface area contributed by atoms with E-state index in [1.54, 1.807) is 18.3 Å². The number of hydrogen-bond donors (Lipinski definition) is 1. The third-order valence-electron chi connectivity index (χ3n) is 2.93. The van der Waals surface area contributed by atoms with Gasteiger partial charge in [-0.2, -0.15) is 0 Å². The first-order chi connectivity index (χ1) is 9.26. The molecule has 0 aliphatic carbocycles.